The number of rotatable bonds is 9. The Labute approximate surface area is 194 Å². The van der Waals surface area contributed by atoms with Crippen molar-refractivity contribution in [1.82, 2.24) is 19.5 Å². The summed E-state index contributed by atoms with van der Waals surface area (Å²) in [6.45, 7) is 4.27. The molecule has 9 heteroatoms. The molecule has 2 heterocycles. The fourth-order valence-corrected chi connectivity index (χ4v) is 4.56. The number of fused-ring (bicyclic) bond motifs is 1. The quantitative estimate of drug-likeness (QED) is 0.357. The minimum Gasteiger partial charge on any atom is -0.495 e. The zero-order valence-corrected chi connectivity index (χ0v) is 19.7. The van der Waals surface area contributed by atoms with Crippen molar-refractivity contribution in [2.75, 3.05) is 23.5 Å². The first-order chi connectivity index (χ1) is 16.0. The number of aromatic nitrogens is 4. The molecule has 2 atom stereocenters. The second-order valence-electron chi connectivity index (χ2n) is 8.80. The number of nitrogen functional groups attached to an aromatic ring is 1. The summed E-state index contributed by atoms with van der Waals surface area (Å²) < 4.78 is 7.54. The lowest BCUT2D eigenvalue weighted by Crippen LogP contribution is -2.31. The number of methoxy groups -OCH3 is 1. The van der Waals surface area contributed by atoms with Crippen LogP contribution in [0.2, 0.25) is 0 Å². The molecular weight excluding hydrogens is 418 g/mol. The van der Waals surface area contributed by atoms with Crippen LogP contribution in [0.4, 0.5) is 17.5 Å². The molecule has 2 aromatic heterocycles. The van der Waals surface area contributed by atoms with Gasteiger partial charge in [0, 0.05) is 12.6 Å². The van der Waals surface area contributed by atoms with E-state index in [1.807, 2.05) is 31.5 Å². The number of nitrogens with two attached hydrogens (primary N) is 1. The second kappa shape index (κ2) is 10.2. The number of imidazole rings is 1. The van der Waals surface area contributed by atoms with Gasteiger partial charge in [0.2, 0.25) is 5.95 Å². The summed E-state index contributed by atoms with van der Waals surface area (Å²) in [5.41, 5.74) is 9.32. The average Bonchev–Trinajstić information content (AvgIpc) is 3.26. The molecule has 0 radical (unpaired) electrons. The number of hydrogen-bond donors (Lipinski definition) is 4. The fraction of sp³-hybridized carbons (Fsp3) is 0.542. The molecule has 1 aliphatic rings. The normalized spacial score (nSPS) is 16.5. The van der Waals surface area contributed by atoms with Crippen LogP contribution in [0.1, 0.15) is 64.0 Å². The number of aliphatic hydroxyl groups is 1. The van der Waals surface area contributed by atoms with Crippen LogP contribution >= 0.6 is 0 Å². The highest BCUT2D eigenvalue weighted by Crippen LogP contribution is 2.32. The first-order valence-corrected chi connectivity index (χ1v) is 11.9. The van der Waals surface area contributed by atoms with E-state index in [4.69, 9.17) is 20.4 Å². The topological polar surface area (TPSA) is 123 Å². The van der Waals surface area contributed by atoms with Gasteiger partial charge in [0.15, 0.2) is 17.0 Å². The summed E-state index contributed by atoms with van der Waals surface area (Å²) in [4.78, 5) is 14.2. The predicted molar refractivity (Wildman–Crippen MR) is 132 cm³/mol. The molecule has 9 nitrogen and oxygen atoms in total. The van der Waals surface area contributed by atoms with Crippen LogP contribution in [0.5, 0.6) is 5.75 Å². The highest BCUT2D eigenvalue weighted by Gasteiger charge is 2.22. The maximum atomic E-state index is 10.1. The molecule has 2 unspecified atom stereocenters. The Balaban J connectivity index is 1.69. The van der Waals surface area contributed by atoms with Crippen molar-refractivity contribution in [2.24, 2.45) is 0 Å². The Morgan fingerprint density at radius 1 is 1.24 bits per heavy atom. The number of anilines is 3. The van der Waals surface area contributed by atoms with Crippen LogP contribution < -0.4 is 21.1 Å². The highest BCUT2D eigenvalue weighted by molar-refractivity contribution is 5.84. The van der Waals surface area contributed by atoms with Gasteiger partial charge in [-0.15, -0.1) is 0 Å². The van der Waals surface area contributed by atoms with E-state index in [1.54, 1.807) is 14.0 Å². The largest absolute Gasteiger partial charge is 0.495 e. The van der Waals surface area contributed by atoms with Crippen LogP contribution in [0.15, 0.2) is 24.5 Å². The van der Waals surface area contributed by atoms with E-state index in [1.165, 1.54) is 19.3 Å². The molecule has 1 fully saturated rings. The summed E-state index contributed by atoms with van der Waals surface area (Å²) in [5, 5.41) is 16.8. The number of hydrogen-bond acceptors (Lipinski definition) is 8. The van der Waals surface area contributed by atoms with Crippen molar-refractivity contribution in [3.05, 3.63) is 30.1 Å². The molecule has 1 saturated carbocycles. The van der Waals surface area contributed by atoms with Gasteiger partial charge in [-0.2, -0.15) is 9.97 Å². The van der Waals surface area contributed by atoms with Gasteiger partial charge in [-0.3, -0.25) is 0 Å². The number of nitrogens with one attached hydrogen (secondary N) is 2. The van der Waals surface area contributed by atoms with Crippen LogP contribution in [0.25, 0.3) is 11.2 Å². The monoisotopic (exact) mass is 453 g/mol. The molecule has 1 aliphatic carbocycles. The smallest absolute Gasteiger partial charge is 0.227 e. The fourth-order valence-electron chi connectivity index (χ4n) is 4.56. The summed E-state index contributed by atoms with van der Waals surface area (Å²) in [6.07, 6.45) is 8.11. The lowest BCUT2D eigenvalue weighted by molar-refractivity contribution is 0.169. The van der Waals surface area contributed by atoms with Crippen LogP contribution in [0.3, 0.4) is 0 Å². The van der Waals surface area contributed by atoms with Gasteiger partial charge in [0.05, 0.1) is 31.3 Å². The van der Waals surface area contributed by atoms with E-state index in [0.29, 0.717) is 35.8 Å². The first-order valence-electron chi connectivity index (χ1n) is 11.9. The third-order valence-corrected chi connectivity index (χ3v) is 6.55. The first kappa shape index (κ1) is 23.1. The maximum absolute atomic E-state index is 10.1. The van der Waals surface area contributed by atoms with Crippen LogP contribution in [0, 0.1) is 0 Å². The number of para-hydroxylation sites is 1. The molecule has 178 valence electrons. The van der Waals surface area contributed by atoms with Gasteiger partial charge in [-0.25, -0.2) is 4.98 Å². The standard InChI is InChI=1S/C24H35N7O2/c1-4-18(15(2)32)28-24-29-22(26-13-16-9-8-12-19(33-3)20(16)25)21-23(30-24)31(14-27-21)17-10-6-5-7-11-17/h8-9,12,14-15,17-18,32H,4-7,10-11,13,25H2,1-3H3,(H2,26,28,29,30). The Bertz CT molecular complexity index is 1080. The van der Waals surface area contributed by atoms with Crippen molar-refractivity contribution in [3.63, 3.8) is 0 Å². The van der Waals surface area contributed by atoms with E-state index < -0.39 is 6.10 Å². The van der Waals surface area contributed by atoms with Crippen LogP contribution in [-0.2, 0) is 6.54 Å². The summed E-state index contributed by atoms with van der Waals surface area (Å²) in [6, 6.07) is 5.98. The van der Waals surface area contributed by atoms with Crippen molar-refractivity contribution in [1.29, 1.82) is 0 Å². The molecule has 0 spiro atoms. The van der Waals surface area contributed by atoms with Gasteiger partial charge in [-0.1, -0.05) is 38.3 Å². The number of ether oxygens (including phenoxy) is 1. The van der Waals surface area contributed by atoms with Gasteiger partial charge in [0.25, 0.3) is 0 Å². The van der Waals surface area contributed by atoms with Crippen molar-refractivity contribution >= 4 is 28.6 Å². The maximum Gasteiger partial charge on any atom is 0.227 e. The lowest BCUT2D eigenvalue weighted by Gasteiger charge is -2.24. The van der Waals surface area contributed by atoms with Crippen molar-refractivity contribution < 1.29 is 9.84 Å². The molecular formula is C24H35N7O2. The Kier molecular flexibility index (Phi) is 7.17. The molecule has 4 rings (SSSR count). The van der Waals surface area contributed by atoms with E-state index in [-0.39, 0.29) is 6.04 Å². The highest BCUT2D eigenvalue weighted by atomic mass is 16.5. The molecule has 0 amide bonds. The number of benzene rings is 1. The zero-order chi connectivity index (χ0) is 23.4. The predicted octanol–water partition coefficient (Wildman–Crippen LogP) is 4.11. The molecule has 0 saturated heterocycles. The molecule has 0 aliphatic heterocycles. The number of aliphatic hydroxyl groups excluding tert-OH is 1. The second-order valence-corrected chi connectivity index (χ2v) is 8.80. The zero-order valence-electron chi connectivity index (χ0n) is 19.7. The molecule has 1 aromatic carbocycles. The van der Waals surface area contributed by atoms with Crippen molar-refractivity contribution in [2.45, 2.75) is 77.1 Å². The Morgan fingerprint density at radius 3 is 2.73 bits per heavy atom. The molecule has 0 bridgehead atoms. The average molecular weight is 454 g/mol. The van der Waals surface area contributed by atoms with Gasteiger partial charge in [-0.05, 0) is 37.8 Å². The molecule has 33 heavy (non-hydrogen) atoms. The summed E-state index contributed by atoms with van der Waals surface area (Å²) >= 11 is 0. The van der Waals surface area contributed by atoms with E-state index >= 15 is 0 Å². The van der Waals surface area contributed by atoms with Gasteiger partial charge in [0.1, 0.15) is 5.75 Å². The Morgan fingerprint density at radius 2 is 2.03 bits per heavy atom. The third kappa shape index (κ3) is 4.98. The van der Waals surface area contributed by atoms with E-state index in [9.17, 15) is 5.11 Å². The third-order valence-electron chi connectivity index (χ3n) is 6.55. The molecule has 5 N–H and O–H groups in total. The number of nitrogens with zero attached hydrogens (tertiary/aromatic N) is 4. The van der Waals surface area contributed by atoms with Crippen LogP contribution in [-0.4, -0.2) is 43.9 Å². The van der Waals surface area contributed by atoms with E-state index in [2.05, 4.69) is 20.2 Å². The lowest BCUT2D eigenvalue weighted by atomic mass is 9.95. The van der Waals surface area contributed by atoms with Crippen molar-refractivity contribution in [3.8, 4) is 5.75 Å². The summed E-state index contributed by atoms with van der Waals surface area (Å²) in [5.74, 6) is 1.77. The Hall–Kier alpha value is -3.07. The molecule has 3 aromatic rings. The van der Waals surface area contributed by atoms with E-state index in [0.717, 1.165) is 36.0 Å². The SMILES string of the molecule is CCC(Nc1nc(NCc2cccc(OC)c2N)c2ncn(C3CCCCC3)c2n1)C(C)O. The minimum absolute atomic E-state index is 0.143. The van der Waals surface area contributed by atoms with Gasteiger partial charge >= 0.3 is 0 Å². The minimum atomic E-state index is -0.523. The summed E-state index contributed by atoms with van der Waals surface area (Å²) in [7, 11) is 1.61. The van der Waals surface area contributed by atoms with Gasteiger partial charge < -0.3 is 30.8 Å².